The molecular weight excluding hydrogens is 496 g/mol. The number of fused-ring (bicyclic) bond motifs is 1. The Morgan fingerprint density at radius 3 is 2.64 bits per heavy atom. The molecule has 2 aromatic carbocycles. The number of halogens is 1. The van der Waals surface area contributed by atoms with Gasteiger partial charge in [-0.2, -0.15) is 0 Å². The number of aliphatic hydroxyl groups is 2. The minimum atomic E-state index is -0.742. The Morgan fingerprint density at radius 1 is 1.14 bits per heavy atom. The van der Waals surface area contributed by atoms with E-state index >= 15 is 0 Å². The molecule has 1 saturated heterocycles. The van der Waals surface area contributed by atoms with E-state index in [0.29, 0.717) is 22.8 Å². The molecule has 0 radical (unpaired) electrons. The van der Waals surface area contributed by atoms with Gasteiger partial charge < -0.3 is 24.6 Å². The van der Waals surface area contributed by atoms with Crippen LogP contribution in [0.1, 0.15) is 37.4 Å². The van der Waals surface area contributed by atoms with Crippen molar-refractivity contribution in [3.8, 4) is 11.5 Å². The van der Waals surface area contributed by atoms with Gasteiger partial charge in [0.2, 0.25) is 0 Å². The number of piperidine rings is 1. The van der Waals surface area contributed by atoms with E-state index in [1.54, 1.807) is 20.4 Å². The molecule has 0 bridgehead atoms. The largest absolute Gasteiger partial charge is 0.497 e. The van der Waals surface area contributed by atoms with Crippen LogP contribution in [0.3, 0.4) is 0 Å². The van der Waals surface area contributed by atoms with E-state index < -0.39 is 6.10 Å². The fourth-order valence-corrected chi connectivity index (χ4v) is 6.30. The highest BCUT2D eigenvalue weighted by atomic mass is 35.5. The average molecular weight is 531 g/mol. The van der Waals surface area contributed by atoms with Gasteiger partial charge in [0.25, 0.3) is 0 Å². The van der Waals surface area contributed by atoms with Crippen LogP contribution in [0.25, 0.3) is 10.9 Å². The molecule has 0 unspecified atom stereocenters. The highest BCUT2D eigenvalue weighted by Gasteiger charge is 2.34. The summed E-state index contributed by atoms with van der Waals surface area (Å²) < 4.78 is 10.8. The monoisotopic (exact) mass is 530 g/mol. The summed E-state index contributed by atoms with van der Waals surface area (Å²) in [6.45, 7) is 3.01. The smallest absolute Gasteiger partial charge is 0.132 e. The zero-order valence-electron chi connectivity index (χ0n) is 21.0. The topological polar surface area (TPSA) is 75.0 Å². The first-order chi connectivity index (χ1) is 17.5. The highest BCUT2D eigenvalue weighted by molar-refractivity contribution is 7.99. The number of thioether (sulfide) groups is 1. The maximum atomic E-state index is 11.2. The SMILES string of the molecule is COc1ccc2ncc(Cl)c([C@H](O)CCC3(CO)CCN(CCSc4ccccc4OC)CC3)c2c1. The van der Waals surface area contributed by atoms with Crippen molar-refractivity contribution in [3.05, 3.63) is 59.2 Å². The van der Waals surface area contributed by atoms with Crippen LogP contribution in [0.15, 0.2) is 53.6 Å². The lowest BCUT2D eigenvalue weighted by Gasteiger charge is -2.41. The van der Waals surface area contributed by atoms with E-state index in [9.17, 15) is 10.2 Å². The molecule has 1 atom stereocenters. The quantitative estimate of drug-likeness (QED) is 0.313. The minimum Gasteiger partial charge on any atom is -0.497 e. The summed E-state index contributed by atoms with van der Waals surface area (Å²) in [5.41, 5.74) is 1.27. The van der Waals surface area contributed by atoms with Crippen LogP contribution in [0, 0.1) is 5.41 Å². The Morgan fingerprint density at radius 2 is 1.92 bits per heavy atom. The molecule has 0 saturated carbocycles. The normalized spacial score (nSPS) is 16.7. The number of ether oxygens (including phenoxy) is 2. The minimum absolute atomic E-state index is 0.127. The van der Waals surface area contributed by atoms with Gasteiger partial charge in [0.15, 0.2) is 0 Å². The van der Waals surface area contributed by atoms with Gasteiger partial charge in [-0.05, 0) is 74.5 Å². The second-order valence-corrected chi connectivity index (χ2v) is 11.0. The molecule has 6 nitrogen and oxygen atoms in total. The molecule has 0 spiro atoms. The Kier molecular flexibility index (Phi) is 9.36. The molecule has 2 N–H and O–H groups in total. The molecule has 1 fully saturated rings. The molecule has 1 aliphatic heterocycles. The number of hydrogen-bond acceptors (Lipinski definition) is 7. The summed E-state index contributed by atoms with van der Waals surface area (Å²) in [6.07, 6.45) is 3.94. The van der Waals surface area contributed by atoms with Crippen LogP contribution in [0.5, 0.6) is 11.5 Å². The molecule has 2 heterocycles. The molecule has 1 aliphatic rings. The molecule has 4 rings (SSSR count). The van der Waals surface area contributed by atoms with Crippen molar-refractivity contribution in [3.63, 3.8) is 0 Å². The zero-order valence-corrected chi connectivity index (χ0v) is 22.5. The number of nitrogens with zero attached hydrogens (tertiary/aromatic N) is 2. The number of para-hydroxylation sites is 1. The molecule has 36 heavy (non-hydrogen) atoms. The van der Waals surface area contributed by atoms with Crippen molar-refractivity contribution >= 4 is 34.3 Å². The number of aromatic nitrogens is 1. The first-order valence-electron chi connectivity index (χ1n) is 12.4. The van der Waals surface area contributed by atoms with Crippen molar-refractivity contribution in [2.24, 2.45) is 5.41 Å². The third kappa shape index (κ3) is 6.26. The molecule has 3 aromatic rings. The molecule has 0 amide bonds. The van der Waals surface area contributed by atoms with Crippen molar-refractivity contribution in [1.29, 1.82) is 0 Å². The van der Waals surface area contributed by atoms with Gasteiger partial charge in [-0.3, -0.25) is 4.98 Å². The number of likely N-dealkylation sites (tertiary alicyclic amines) is 1. The molecule has 1 aromatic heterocycles. The lowest BCUT2D eigenvalue weighted by molar-refractivity contribution is 0.0254. The van der Waals surface area contributed by atoms with E-state index in [1.165, 1.54) is 0 Å². The third-order valence-electron chi connectivity index (χ3n) is 7.34. The Balaban J connectivity index is 1.33. The lowest BCUT2D eigenvalue weighted by Crippen LogP contribution is -2.43. The van der Waals surface area contributed by atoms with E-state index in [4.69, 9.17) is 21.1 Å². The predicted octanol–water partition coefficient (Wildman–Crippen LogP) is 5.59. The van der Waals surface area contributed by atoms with Crippen LogP contribution in [-0.2, 0) is 0 Å². The fraction of sp³-hybridized carbons (Fsp3) is 0.464. The van der Waals surface area contributed by atoms with Gasteiger partial charge in [-0.25, -0.2) is 0 Å². The maximum Gasteiger partial charge on any atom is 0.132 e. The number of rotatable bonds is 11. The first kappa shape index (κ1) is 27.0. The predicted molar refractivity (Wildman–Crippen MR) is 146 cm³/mol. The molecule has 8 heteroatoms. The summed E-state index contributed by atoms with van der Waals surface area (Å²) >= 11 is 8.30. The molecule has 0 aliphatic carbocycles. The van der Waals surface area contributed by atoms with Crippen molar-refractivity contribution in [2.45, 2.75) is 36.7 Å². The van der Waals surface area contributed by atoms with E-state index in [-0.39, 0.29) is 12.0 Å². The van der Waals surface area contributed by atoms with Gasteiger partial charge in [0, 0.05) is 40.9 Å². The van der Waals surface area contributed by atoms with Crippen molar-refractivity contribution in [2.75, 3.05) is 46.2 Å². The zero-order chi connectivity index (χ0) is 25.5. The van der Waals surface area contributed by atoms with Crippen LogP contribution in [0.4, 0.5) is 0 Å². The van der Waals surface area contributed by atoms with E-state index in [1.807, 2.05) is 48.2 Å². The standard InChI is InChI=1S/C28H35ClN2O4S/c1-34-20-7-8-23-21(17-20)27(22(29)18-30-23)24(33)9-10-28(19-32)11-13-31(14-12-28)15-16-36-26-6-4-3-5-25(26)35-2/h3-8,17-18,24,32-33H,9-16,19H2,1-2H3/t24-/m1/s1. The Labute approximate surface area is 222 Å². The summed E-state index contributed by atoms with van der Waals surface area (Å²) in [6, 6.07) is 13.7. The summed E-state index contributed by atoms with van der Waals surface area (Å²) in [5.74, 6) is 2.60. The number of benzene rings is 2. The fourth-order valence-electron chi connectivity index (χ4n) is 4.98. The maximum absolute atomic E-state index is 11.2. The summed E-state index contributed by atoms with van der Waals surface area (Å²) in [4.78, 5) is 8.02. The van der Waals surface area contributed by atoms with Crippen LogP contribution < -0.4 is 9.47 Å². The van der Waals surface area contributed by atoms with Gasteiger partial charge in [0.1, 0.15) is 11.5 Å². The first-order valence-corrected chi connectivity index (χ1v) is 13.7. The van der Waals surface area contributed by atoms with Gasteiger partial charge in [-0.1, -0.05) is 23.7 Å². The van der Waals surface area contributed by atoms with Crippen LogP contribution in [-0.4, -0.2) is 66.3 Å². The van der Waals surface area contributed by atoms with Crippen LogP contribution in [0.2, 0.25) is 5.02 Å². The van der Waals surface area contributed by atoms with Crippen molar-refractivity contribution in [1.82, 2.24) is 9.88 Å². The Hall–Kier alpha value is -2.03. The summed E-state index contributed by atoms with van der Waals surface area (Å²) in [5, 5.41) is 22.7. The van der Waals surface area contributed by atoms with Gasteiger partial charge >= 0.3 is 0 Å². The molecule has 194 valence electrons. The van der Waals surface area contributed by atoms with Crippen LogP contribution >= 0.6 is 23.4 Å². The second-order valence-electron chi connectivity index (χ2n) is 9.46. The average Bonchev–Trinajstić information content (AvgIpc) is 2.92. The highest BCUT2D eigenvalue weighted by Crippen LogP contribution is 2.40. The third-order valence-corrected chi connectivity index (χ3v) is 8.67. The number of aliphatic hydroxyl groups excluding tert-OH is 2. The number of hydrogen-bond donors (Lipinski definition) is 2. The number of pyridine rings is 1. The van der Waals surface area contributed by atoms with E-state index in [2.05, 4.69) is 16.0 Å². The second kappa shape index (κ2) is 12.5. The Bertz CT molecular complexity index is 1150. The van der Waals surface area contributed by atoms with Crippen molar-refractivity contribution < 1.29 is 19.7 Å². The van der Waals surface area contributed by atoms with E-state index in [0.717, 1.165) is 66.2 Å². The molecular formula is C28H35ClN2O4S. The number of methoxy groups -OCH3 is 2. The summed E-state index contributed by atoms with van der Waals surface area (Å²) in [7, 11) is 3.32. The van der Waals surface area contributed by atoms with Gasteiger partial charge in [-0.15, -0.1) is 11.8 Å². The lowest BCUT2D eigenvalue weighted by atomic mass is 9.74. The van der Waals surface area contributed by atoms with Gasteiger partial charge in [0.05, 0.1) is 30.9 Å².